The molecule has 114 valence electrons. The fraction of sp³-hybridized carbons (Fsp3) is 0.438. The molecule has 0 aliphatic heterocycles. The van der Waals surface area contributed by atoms with Gasteiger partial charge in [0.2, 0.25) is 0 Å². The van der Waals surface area contributed by atoms with Crippen LogP contribution in [-0.4, -0.2) is 22.9 Å². The molecule has 0 saturated heterocycles. The minimum atomic E-state index is -0.544. The van der Waals surface area contributed by atoms with E-state index in [1.807, 2.05) is 25.6 Å². The highest BCUT2D eigenvalue weighted by Crippen LogP contribution is 2.14. The summed E-state index contributed by atoms with van der Waals surface area (Å²) in [6.07, 6.45) is 1.26. The smallest absolute Gasteiger partial charge is 0.129 e. The third kappa shape index (κ3) is 3.88. The van der Waals surface area contributed by atoms with Gasteiger partial charge in [0.15, 0.2) is 0 Å². The Bertz CT molecular complexity index is 608. The van der Waals surface area contributed by atoms with Gasteiger partial charge in [-0.1, -0.05) is 6.07 Å². The standard InChI is InChI=1S/C16H21F2N3/c1-4-21-15(7-11(2)20-21)10-14(19-3)8-12-5-6-13(17)9-16(12)18/h5-7,9,14,19H,4,8,10H2,1-3H3. The highest BCUT2D eigenvalue weighted by Gasteiger charge is 2.15. The molecule has 0 radical (unpaired) electrons. The van der Waals surface area contributed by atoms with Crippen molar-refractivity contribution in [1.29, 1.82) is 0 Å². The molecule has 5 heteroatoms. The van der Waals surface area contributed by atoms with Crippen LogP contribution in [0.15, 0.2) is 24.3 Å². The van der Waals surface area contributed by atoms with Crippen molar-refractivity contribution in [2.75, 3.05) is 7.05 Å². The van der Waals surface area contributed by atoms with E-state index in [2.05, 4.69) is 16.5 Å². The molecule has 0 spiro atoms. The Hall–Kier alpha value is -1.75. The van der Waals surface area contributed by atoms with Gasteiger partial charge < -0.3 is 5.32 Å². The summed E-state index contributed by atoms with van der Waals surface area (Å²) in [5.41, 5.74) is 2.63. The lowest BCUT2D eigenvalue weighted by atomic mass is 10.0. The molecule has 0 aliphatic rings. The van der Waals surface area contributed by atoms with Gasteiger partial charge in [-0.25, -0.2) is 8.78 Å². The van der Waals surface area contributed by atoms with Gasteiger partial charge >= 0.3 is 0 Å². The van der Waals surface area contributed by atoms with Crippen molar-refractivity contribution in [2.24, 2.45) is 0 Å². The van der Waals surface area contributed by atoms with E-state index in [1.54, 1.807) is 0 Å². The van der Waals surface area contributed by atoms with E-state index < -0.39 is 11.6 Å². The molecule has 0 aliphatic carbocycles. The van der Waals surface area contributed by atoms with Crippen LogP contribution < -0.4 is 5.32 Å². The lowest BCUT2D eigenvalue weighted by molar-refractivity contribution is 0.503. The summed E-state index contributed by atoms with van der Waals surface area (Å²) in [5, 5.41) is 7.62. The monoisotopic (exact) mass is 293 g/mol. The van der Waals surface area contributed by atoms with Crippen LogP contribution >= 0.6 is 0 Å². The SMILES string of the molecule is CCn1nc(C)cc1CC(Cc1ccc(F)cc1F)NC. The van der Waals surface area contributed by atoms with Gasteiger partial charge in [-0.2, -0.15) is 5.10 Å². The predicted molar refractivity (Wildman–Crippen MR) is 79.3 cm³/mol. The normalized spacial score (nSPS) is 12.6. The highest BCUT2D eigenvalue weighted by atomic mass is 19.1. The number of likely N-dealkylation sites (N-methyl/N-ethyl adjacent to an activating group) is 1. The first-order valence-corrected chi connectivity index (χ1v) is 7.18. The summed E-state index contributed by atoms with van der Waals surface area (Å²) in [6, 6.07) is 5.87. The molecule has 0 amide bonds. The Morgan fingerprint density at radius 1 is 1.24 bits per heavy atom. The van der Waals surface area contributed by atoms with E-state index in [9.17, 15) is 8.78 Å². The molecule has 0 fully saturated rings. The Kier molecular flexibility index (Phi) is 5.07. The molecule has 0 bridgehead atoms. The number of aromatic nitrogens is 2. The maximum Gasteiger partial charge on any atom is 0.129 e. The quantitative estimate of drug-likeness (QED) is 0.887. The zero-order valence-electron chi connectivity index (χ0n) is 12.7. The van der Waals surface area contributed by atoms with Crippen molar-refractivity contribution in [3.05, 3.63) is 52.9 Å². The number of hydrogen-bond donors (Lipinski definition) is 1. The number of aryl methyl sites for hydroxylation is 2. The summed E-state index contributed by atoms with van der Waals surface area (Å²) < 4.78 is 28.7. The van der Waals surface area contributed by atoms with E-state index in [0.717, 1.165) is 30.4 Å². The van der Waals surface area contributed by atoms with Crippen LogP contribution in [0.4, 0.5) is 8.78 Å². The summed E-state index contributed by atoms with van der Waals surface area (Å²) in [5.74, 6) is -1.03. The topological polar surface area (TPSA) is 29.9 Å². The van der Waals surface area contributed by atoms with Crippen LogP contribution in [0, 0.1) is 18.6 Å². The van der Waals surface area contributed by atoms with Crippen LogP contribution in [-0.2, 0) is 19.4 Å². The number of nitrogens with one attached hydrogen (secondary N) is 1. The Morgan fingerprint density at radius 3 is 2.62 bits per heavy atom. The van der Waals surface area contributed by atoms with Crippen LogP contribution in [0.25, 0.3) is 0 Å². The molecular weight excluding hydrogens is 272 g/mol. The first kappa shape index (κ1) is 15.6. The second kappa shape index (κ2) is 6.80. The van der Waals surface area contributed by atoms with Crippen LogP contribution in [0.2, 0.25) is 0 Å². The van der Waals surface area contributed by atoms with Gasteiger partial charge in [0.25, 0.3) is 0 Å². The van der Waals surface area contributed by atoms with E-state index in [4.69, 9.17) is 0 Å². The number of benzene rings is 1. The zero-order valence-corrected chi connectivity index (χ0v) is 12.7. The molecule has 1 atom stereocenters. The highest BCUT2D eigenvalue weighted by molar-refractivity contribution is 5.20. The molecule has 1 unspecified atom stereocenters. The van der Waals surface area contributed by atoms with Gasteiger partial charge in [-0.05, 0) is 45.0 Å². The molecule has 1 heterocycles. The Morgan fingerprint density at radius 2 is 2.00 bits per heavy atom. The summed E-state index contributed by atoms with van der Waals surface area (Å²) in [7, 11) is 1.85. The summed E-state index contributed by atoms with van der Waals surface area (Å²) in [6.45, 7) is 4.82. The Labute approximate surface area is 124 Å². The van der Waals surface area contributed by atoms with Crippen molar-refractivity contribution < 1.29 is 8.78 Å². The van der Waals surface area contributed by atoms with E-state index in [1.165, 1.54) is 12.1 Å². The fourth-order valence-electron chi connectivity index (χ4n) is 2.52. The predicted octanol–water partition coefficient (Wildman–Crippen LogP) is 2.86. The van der Waals surface area contributed by atoms with Crippen LogP contribution in [0.1, 0.15) is 23.9 Å². The molecule has 1 N–H and O–H groups in total. The van der Waals surface area contributed by atoms with E-state index >= 15 is 0 Å². The largest absolute Gasteiger partial charge is 0.316 e. The van der Waals surface area contributed by atoms with Crippen LogP contribution in [0.5, 0.6) is 0 Å². The van der Waals surface area contributed by atoms with Gasteiger partial charge in [-0.15, -0.1) is 0 Å². The number of nitrogens with zero attached hydrogens (tertiary/aromatic N) is 2. The second-order valence-electron chi connectivity index (χ2n) is 5.22. The molecule has 1 aromatic carbocycles. The van der Waals surface area contributed by atoms with Crippen LogP contribution in [0.3, 0.4) is 0 Å². The van der Waals surface area contributed by atoms with E-state index in [0.29, 0.717) is 12.0 Å². The number of hydrogen-bond acceptors (Lipinski definition) is 2. The average molecular weight is 293 g/mol. The number of rotatable bonds is 6. The van der Waals surface area contributed by atoms with Crippen molar-refractivity contribution in [1.82, 2.24) is 15.1 Å². The maximum absolute atomic E-state index is 13.8. The van der Waals surface area contributed by atoms with Gasteiger partial charge in [0.05, 0.1) is 5.69 Å². The zero-order chi connectivity index (χ0) is 15.4. The van der Waals surface area contributed by atoms with Crippen molar-refractivity contribution >= 4 is 0 Å². The van der Waals surface area contributed by atoms with Gasteiger partial charge in [-0.3, -0.25) is 4.68 Å². The molecule has 21 heavy (non-hydrogen) atoms. The lowest BCUT2D eigenvalue weighted by Gasteiger charge is -2.17. The second-order valence-corrected chi connectivity index (χ2v) is 5.22. The third-order valence-corrected chi connectivity index (χ3v) is 3.63. The van der Waals surface area contributed by atoms with Crippen molar-refractivity contribution in [2.45, 2.75) is 39.3 Å². The first-order valence-electron chi connectivity index (χ1n) is 7.18. The van der Waals surface area contributed by atoms with E-state index in [-0.39, 0.29) is 6.04 Å². The molecular formula is C16H21F2N3. The summed E-state index contributed by atoms with van der Waals surface area (Å²) >= 11 is 0. The fourth-order valence-corrected chi connectivity index (χ4v) is 2.52. The summed E-state index contributed by atoms with van der Waals surface area (Å²) in [4.78, 5) is 0. The maximum atomic E-state index is 13.8. The molecule has 1 aromatic heterocycles. The molecule has 3 nitrogen and oxygen atoms in total. The third-order valence-electron chi connectivity index (χ3n) is 3.63. The first-order chi connectivity index (χ1) is 10.0. The molecule has 0 saturated carbocycles. The Balaban J connectivity index is 2.12. The lowest BCUT2D eigenvalue weighted by Crippen LogP contribution is -2.31. The van der Waals surface area contributed by atoms with Gasteiger partial charge in [0.1, 0.15) is 11.6 Å². The van der Waals surface area contributed by atoms with Gasteiger partial charge in [0, 0.05) is 30.8 Å². The average Bonchev–Trinajstić information content (AvgIpc) is 2.80. The van der Waals surface area contributed by atoms with Crippen molar-refractivity contribution in [3.63, 3.8) is 0 Å². The molecule has 2 aromatic rings. The van der Waals surface area contributed by atoms with Crippen molar-refractivity contribution in [3.8, 4) is 0 Å². The molecule has 2 rings (SSSR count). The minimum Gasteiger partial charge on any atom is -0.316 e. The minimum absolute atomic E-state index is 0.0753. The number of halogens is 2.